The molecule has 0 N–H and O–H groups in total. The number of amides is 1. The highest BCUT2D eigenvalue weighted by molar-refractivity contribution is 5.93. The van der Waals surface area contributed by atoms with Gasteiger partial charge in [-0.2, -0.15) is 18.3 Å². The van der Waals surface area contributed by atoms with Gasteiger partial charge in [-0.1, -0.05) is 38.5 Å². The number of carbonyl (C=O) groups is 1. The van der Waals surface area contributed by atoms with Crippen molar-refractivity contribution in [3.05, 3.63) is 29.2 Å². The van der Waals surface area contributed by atoms with E-state index in [2.05, 4.69) is 10.1 Å². The molecule has 1 saturated carbocycles. The van der Waals surface area contributed by atoms with Crippen LogP contribution in [-0.2, 0) is 12.6 Å². The van der Waals surface area contributed by atoms with Crippen LogP contribution in [0.1, 0.15) is 79.7 Å². The van der Waals surface area contributed by atoms with Gasteiger partial charge in [0.1, 0.15) is 5.69 Å². The minimum atomic E-state index is -4.56. The highest BCUT2D eigenvalue weighted by atomic mass is 19.4. The van der Waals surface area contributed by atoms with Crippen LogP contribution in [0.25, 0.3) is 5.65 Å². The van der Waals surface area contributed by atoms with Gasteiger partial charge in [0.25, 0.3) is 5.91 Å². The number of carbonyl (C=O) groups excluding carboxylic acids is 1. The van der Waals surface area contributed by atoms with Crippen molar-refractivity contribution < 1.29 is 18.0 Å². The number of hydrogen-bond acceptors (Lipinski definition) is 3. The Kier molecular flexibility index (Phi) is 5.79. The first-order valence-electron chi connectivity index (χ1n) is 10.7. The third-order valence-corrected chi connectivity index (χ3v) is 6.17. The van der Waals surface area contributed by atoms with Gasteiger partial charge in [0.05, 0.1) is 0 Å². The maximum absolute atomic E-state index is 13.7. The third-order valence-electron chi connectivity index (χ3n) is 6.17. The van der Waals surface area contributed by atoms with Gasteiger partial charge < -0.3 is 4.90 Å². The average Bonchev–Trinajstić information content (AvgIpc) is 3.27. The molecular formula is C21H27F3N4O. The van der Waals surface area contributed by atoms with E-state index in [1.165, 1.54) is 18.9 Å². The summed E-state index contributed by atoms with van der Waals surface area (Å²) in [4.78, 5) is 18.9. The molecule has 4 rings (SSSR count). The second-order valence-electron chi connectivity index (χ2n) is 8.33. The average molecular weight is 408 g/mol. The molecule has 2 aromatic heterocycles. The molecule has 0 aromatic carbocycles. The van der Waals surface area contributed by atoms with Crippen molar-refractivity contribution in [3.8, 4) is 0 Å². The Hall–Kier alpha value is -2.12. The summed E-state index contributed by atoms with van der Waals surface area (Å²) in [5.74, 6) is 0.269. The quantitative estimate of drug-likeness (QED) is 0.724. The maximum Gasteiger partial charge on any atom is 0.433 e. The fourth-order valence-corrected chi connectivity index (χ4v) is 4.55. The molecule has 0 spiro atoms. The standard InChI is InChI=1S/C21H27F3N4O/c22-21(23,24)18-13-16(10-9-15-7-3-4-8-15)25-19-14-17(26-28(18)19)20(29)27-11-5-1-2-6-12-27/h13-15H,1-12H2. The van der Waals surface area contributed by atoms with Crippen molar-refractivity contribution in [3.63, 3.8) is 0 Å². The first kappa shape index (κ1) is 20.2. The molecule has 0 unspecified atom stereocenters. The molecule has 1 saturated heterocycles. The minimum absolute atomic E-state index is 0.0397. The van der Waals surface area contributed by atoms with E-state index in [0.29, 0.717) is 31.1 Å². The smallest absolute Gasteiger partial charge is 0.337 e. The lowest BCUT2D eigenvalue weighted by Crippen LogP contribution is -2.32. The number of hydrogen-bond donors (Lipinski definition) is 0. The number of alkyl halides is 3. The molecule has 5 nitrogen and oxygen atoms in total. The zero-order valence-corrected chi connectivity index (χ0v) is 16.5. The summed E-state index contributed by atoms with van der Waals surface area (Å²) in [6.07, 6.45) is 5.48. The summed E-state index contributed by atoms with van der Waals surface area (Å²) in [6, 6.07) is 2.50. The lowest BCUT2D eigenvalue weighted by Gasteiger charge is -2.18. The first-order valence-corrected chi connectivity index (χ1v) is 10.7. The fraction of sp³-hybridized carbons (Fsp3) is 0.667. The van der Waals surface area contributed by atoms with E-state index in [4.69, 9.17) is 0 Å². The molecule has 8 heteroatoms. The fourth-order valence-electron chi connectivity index (χ4n) is 4.55. The van der Waals surface area contributed by atoms with Crippen molar-refractivity contribution in [1.29, 1.82) is 0 Å². The number of halogens is 3. The predicted octanol–water partition coefficient (Wildman–Crippen LogP) is 4.89. The van der Waals surface area contributed by atoms with Crippen LogP contribution in [0.15, 0.2) is 12.1 Å². The van der Waals surface area contributed by atoms with E-state index in [1.807, 2.05) is 0 Å². The van der Waals surface area contributed by atoms with Crippen molar-refractivity contribution >= 4 is 11.6 Å². The van der Waals surface area contributed by atoms with E-state index in [0.717, 1.165) is 55.5 Å². The summed E-state index contributed by atoms with van der Waals surface area (Å²) in [6.45, 7) is 1.25. The number of aromatic nitrogens is 3. The van der Waals surface area contributed by atoms with Crippen molar-refractivity contribution in [2.75, 3.05) is 13.1 Å². The van der Waals surface area contributed by atoms with Gasteiger partial charge >= 0.3 is 6.18 Å². The monoisotopic (exact) mass is 408 g/mol. The molecule has 158 valence electrons. The van der Waals surface area contributed by atoms with E-state index < -0.39 is 11.9 Å². The number of aryl methyl sites for hydroxylation is 1. The first-order chi connectivity index (χ1) is 13.9. The number of likely N-dealkylation sites (tertiary alicyclic amines) is 1. The number of nitrogens with zero attached hydrogens (tertiary/aromatic N) is 4. The maximum atomic E-state index is 13.7. The molecule has 3 heterocycles. The van der Waals surface area contributed by atoms with Gasteiger partial charge in [0.2, 0.25) is 0 Å². The highest BCUT2D eigenvalue weighted by Gasteiger charge is 2.36. The normalized spacial score (nSPS) is 19.1. The largest absolute Gasteiger partial charge is 0.433 e. The van der Waals surface area contributed by atoms with Crippen molar-refractivity contribution in [2.24, 2.45) is 5.92 Å². The van der Waals surface area contributed by atoms with Crippen molar-refractivity contribution in [1.82, 2.24) is 19.5 Å². The lowest BCUT2D eigenvalue weighted by atomic mass is 10.0. The van der Waals surface area contributed by atoms with Gasteiger partial charge in [-0.15, -0.1) is 0 Å². The van der Waals surface area contributed by atoms with Crippen LogP contribution in [0.5, 0.6) is 0 Å². The second kappa shape index (κ2) is 8.32. The summed E-state index contributed by atoms with van der Waals surface area (Å²) in [7, 11) is 0. The highest BCUT2D eigenvalue weighted by Crippen LogP contribution is 2.32. The zero-order valence-electron chi connectivity index (χ0n) is 16.5. The summed E-state index contributed by atoms with van der Waals surface area (Å²) in [5, 5.41) is 4.01. The molecule has 1 aliphatic heterocycles. The Morgan fingerprint density at radius 1 is 1.03 bits per heavy atom. The van der Waals surface area contributed by atoms with Crippen LogP contribution in [0, 0.1) is 5.92 Å². The Labute approximate surface area is 168 Å². The van der Waals surface area contributed by atoms with E-state index in [-0.39, 0.29) is 17.2 Å². The molecular weight excluding hydrogens is 381 g/mol. The molecule has 0 radical (unpaired) electrons. The van der Waals surface area contributed by atoms with Crippen LogP contribution >= 0.6 is 0 Å². The van der Waals surface area contributed by atoms with Gasteiger partial charge in [0, 0.05) is 24.8 Å². The van der Waals surface area contributed by atoms with Gasteiger partial charge in [-0.25, -0.2) is 9.50 Å². The number of fused-ring (bicyclic) bond motifs is 1. The van der Waals surface area contributed by atoms with Crippen LogP contribution < -0.4 is 0 Å². The van der Waals surface area contributed by atoms with Gasteiger partial charge in [-0.05, 0) is 37.7 Å². The Morgan fingerprint density at radius 3 is 2.38 bits per heavy atom. The van der Waals surface area contributed by atoms with Crippen LogP contribution in [-0.4, -0.2) is 38.5 Å². The third kappa shape index (κ3) is 4.56. The second-order valence-corrected chi connectivity index (χ2v) is 8.33. The van der Waals surface area contributed by atoms with Gasteiger partial charge in [-0.3, -0.25) is 4.79 Å². The Balaban J connectivity index is 1.63. The zero-order chi connectivity index (χ0) is 20.4. The minimum Gasteiger partial charge on any atom is -0.337 e. The van der Waals surface area contributed by atoms with Crippen LogP contribution in [0.2, 0.25) is 0 Å². The molecule has 2 fully saturated rings. The Bertz CT molecular complexity index is 863. The molecule has 29 heavy (non-hydrogen) atoms. The van der Waals surface area contributed by atoms with Crippen LogP contribution in [0.3, 0.4) is 0 Å². The summed E-state index contributed by atoms with van der Waals surface area (Å²) < 4.78 is 41.8. The SMILES string of the molecule is O=C(c1cc2nc(CCC3CCCC3)cc(C(F)(F)F)n2n1)N1CCCCCC1. The number of rotatable bonds is 4. The predicted molar refractivity (Wildman–Crippen MR) is 103 cm³/mol. The van der Waals surface area contributed by atoms with Crippen molar-refractivity contribution in [2.45, 2.75) is 70.4 Å². The molecule has 0 atom stereocenters. The van der Waals surface area contributed by atoms with Crippen LogP contribution in [0.4, 0.5) is 13.2 Å². The lowest BCUT2D eigenvalue weighted by molar-refractivity contribution is -0.142. The molecule has 0 bridgehead atoms. The van der Waals surface area contributed by atoms with E-state index in [1.54, 1.807) is 4.90 Å². The summed E-state index contributed by atoms with van der Waals surface area (Å²) >= 11 is 0. The molecule has 1 amide bonds. The van der Waals surface area contributed by atoms with Gasteiger partial charge in [0.15, 0.2) is 11.3 Å². The topological polar surface area (TPSA) is 50.5 Å². The van der Waals surface area contributed by atoms with E-state index >= 15 is 0 Å². The molecule has 2 aliphatic rings. The molecule has 1 aliphatic carbocycles. The summed E-state index contributed by atoms with van der Waals surface area (Å²) in [5.41, 5.74) is -0.304. The van der Waals surface area contributed by atoms with E-state index in [9.17, 15) is 18.0 Å². The Morgan fingerprint density at radius 2 is 1.72 bits per heavy atom. The molecule has 2 aromatic rings.